The minimum atomic E-state index is -0.311. The zero-order chi connectivity index (χ0) is 13.3. The maximum Gasteiger partial charge on any atom is 0.130 e. The molecule has 1 heterocycles. The van der Waals surface area contributed by atoms with E-state index in [2.05, 4.69) is 4.90 Å². The molecule has 0 amide bonds. The average molecular weight is 252 g/mol. The van der Waals surface area contributed by atoms with Crippen LogP contribution in [0.15, 0.2) is 18.2 Å². The molecule has 3 atom stereocenters. The summed E-state index contributed by atoms with van der Waals surface area (Å²) in [7, 11) is 0. The van der Waals surface area contributed by atoms with Crippen LogP contribution in [0.25, 0.3) is 0 Å². The minimum absolute atomic E-state index is 0.151. The van der Waals surface area contributed by atoms with Crippen LogP contribution in [0.5, 0.6) is 0 Å². The number of nitrogens with two attached hydrogens (primary N) is 1. The second kappa shape index (κ2) is 5.24. The molecule has 1 aromatic carbocycles. The molecule has 100 valence electrons. The van der Waals surface area contributed by atoms with Crippen LogP contribution in [0.3, 0.4) is 0 Å². The second-order valence-corrected chi connectivity index (χ2v) is 5.12. The molecule has 0 radical (unpaired) electrons. The Morgan fingerprint density at radius 3 is 2.50 bits per heavy atom. The maximum absolute atomic E-state index is 13.9. The van der Waals surface area contributed by atoms with Crippen LogP contribution in [-0.4, -0.2) is 25.3 Å². The fourth-order valence-electron chi connectivity index (χ4n) is 2.63. The summed E-state index contributed by atoms with van der Waals surface area (Å²) in [5, 5.41) is 0. The van der Waals surface area contributed by atoms with Crippen molar-refractivity contribution in [1.82, 2.24) is 0 Å². The van der Waals surface area contributed by atoms with Crippen LogP contribution in [0.1, 0.15) is 32.4 Å². The molecule has 0 aliphatic carbocycles. The normalized spacial score (nSPS) is 26.2. The lowest BCUT2D eigenvalue weighted by molar-refractivity contribution is -0.00529. The predicted molar refractivity (Wildman–Crippen MR) is 71.2 cm³/mol. The highest BCUT2D eigenvalue weighted by atomic mass is 19.1. The van der Waals surface area contributed by atoms with E-state index in [4.69, 9.17) is 10.5 Å². The van der Waals surface area contributed by atoms with Crippen molar-refractivity contribution in [1.29, 1.82) is 0 Å². The van der Waals surface area contributed by atoms with E-state index in [1.807, 2.05) is 26.8 Å². The zero-order valence-electron chi connectivity index (χ0n) is 11.2. The van der Waals surface area contributed by atoms with E-state index in [1.54, 1.807) is 6.07 Å². The van der Waals surface area contributed by atoms with Gasteiger partial charge in [-0.2, -0.15) is 0 Å². The van der Waals surface area contributed by atoms with Crippen molar-refractivity contribution >= 4 is 5.69 Å². The molecule has 2 rings (SSSR count). The third kappa shape index (κ3) is 2.65. The molecule has 1 aromatic rings. The predicted octanol–water partition coefficient (Wildman–Crippen LogP) is 2.46. The van der Waals surface area contributed by atoms with Crippen LogP contribution in [0.4, 0.5) is 10.1 Å². The Kier molecular flexibility index (Phi) is 3.88. The van der Waals surface area contributed by atoms with Crippen molar-refractivity contribution in [2.75, 3.05) is 18.0 Å². The van der Waals surface area contributed by atoms with Gasteiger partial charge in [0.05, 0.1) is 12.2 Å². The summed E-state index contributed by atoms with van der Waals surface area (Å²) >= 11 is 0. The Morgan fingerprint density at radius 2 is 1.94 bits per heavy atom. The van der Waals surface area contributed by atoms with Crippen LogP contribution < -0.4 is 10.6 Å². The first kappa shape index (κ1) is 13.3. The maximum atomic E-state index is 13.9. The summed E-state index contributed by atoms with van der Waals surface area (Å²) in [6, 6.07) is 4.83. The third-order valence-electron chi connectivity index (χ3n) is 3.25. The van der Waals surface area contributed by atoms with Gasteiger partial charge < -0.3 is 15.4 Å². The van der Waals surface area contributed by atoms with E-state index in [0.29, 0.717) is 5.56 Å². The smallest absolute Gasteiger partial charge is 0.130 e. The molecule has 1 fully saturated rings. The Labute approximate surface area is 108 Å². The van der Waals surface area contributed by atoms with Gasteiger partial charge in [0, 0.05) is 30.4 Å². The Balaban J connectivity index is 2.35. The molecule has 1 unspecified atom stereocenters. The number of morpholine rings is 1. The van der Waals surface area contributed by atoms with Gasteiger partial charge in [-0.15, -0.1) is 0 Å². The first-order valence-electron chi connectivity index (χ1n) is 6.43. The molecule has 1 aliphatic heterocycles. The average Bonchev–Trinajstić information content (AvgIpc) is 2.26. The fourth-order valence-corrected chi connectivity index (χ4v) is 2.63. The van der Waals surface area contributed by atoms with E-state index in [-0.39, 0.29) is 24.1 Å². The van der Waals surface area contributed by atoms with Gasteiger partial charge in [0.1, 0.15) is 5.82 Å². The standard InChI is InChI=1S/C14H21FN2O/c1-9-7-17(8-10(2)18-9)13-6-4-5-12(15)14(13)11(3)16/h4-6,9-11H,7-8,16H2,1-3H3/t9-,10+,11?. The van der Waals surface area contributed by atoms with Crippen molar-refractivity contribution in [3.63, 3.8) is 0 Å². The quantitative estimate of drug-likeness (QED) is 0.878. The molecule has 2 N–H and O–H groups in total. The first-order chi connectivity index (χ1) is 8.49. The van der Waals surface area contributed by atoms with E-state index in [9.17, 15) is 4.39 Å². The molecular formula is C14H21FN2O. The minimum Gasteiger partial charge on any atom is -0.372 e. The topological polar surface area (TPSA) is 38.5 Å². The summed E-state index contributed by atoms with van der Waals surface area (Å²) in [5.74, 6) is -0.228. The molecule has 1 saturated heterocycles. The number of rotatable bonds is 2. The monoisotopic (exact) mass is 252 g/mol. The van der Waals surface area contributed by atoms with Crippen molar-refractivity contribution in [3.8, 4) is 0 Å². The Hall–Kier alpha value is -1.13. The summed E-state index contributed by atoms with van der Waals surface area (Å²) in [5.41, 5.74) is 7.38. The number of nitrogens with zero attached hydrogens (tertiary/aromatic N) is 1. The lowest BCUT2D eigenvalue weighted by Crippen LogP contribution is -2.46. The van der Waals surface area contributed by atoms with Crippen molar-refractivity contribution in [3.05, 3.63) is 29.6 Å². The fraction of sp³-hybridized carbons (Fsp3) is 0.571. The van der Waals surface area contributed by atoms with Crippen LogP contribution in [0, 0.1) is 5.82 Å². The number of hydrogen-bond acceptors (Lipinski definition) is 3. The van der Waals surface area contributed by atoms with Gasteiger partial charge >= 0.3 is 0 Å². The van der Waals surface area contributed by atoms with Gasteiger partial charge in [-0.05, 0) is 32.9 Å². The Morgan fingerprint density at radius 1 is 1.33 bits per heavy atom. The lowest BCUT2D eigenvalue weighted by Gasteiger charge is -2.38. The van der Waals surface area contributed by atoms with Crippen molar-refractivity contribution < 1.29 is 9.13 Å². The van der Waals surface area contributed by atoms with Gasteiger partial charge in [0.25, 0.3) is 0 Å². The van der Waals surface area contributed by atoms with Crippen molar-refractivity contribution in [2.24, 2.45) is 5.73 Å². The number of halogens is 1. The van der Waals surface area contributed by atoms with E-state index >= 15 is 0 Å². The SMILES string of the molecule is CC(N)c1c(F)cccc1N1C[C@@H](C)O[C@@H](C)C1. The molecule has 0 spiro atoms. The Bertz CT molecular complexity index is 412. The molecule has 4 heteroatoms. The summed E-state index contributed by atoms with van der Waals surface area (Å²) in [4.78, 5) is 2.17. The van der Waals surface area contributed by atoms with E-state index in [1.165, 1.54) is 6.07 Å². The highest BCUT2D eigenvalue weighted by molar-refractivity contribution is 5.56. The molecular weight excluding hydrogens is 231 g/mol. The summed E-state index contributed by atoms with van der Waals surface area (Å²) in [6.07, 6.45) is 0.302. The molecule has 0 saturated carbocycles. The van der Waals surface area contributed by atoms with Crippen molar-refractivity contribution in [2.45, 2.75) is 39.0 Å². The number of ether oxygens (including phenoxy) is 1. The molecule has 1 aliphatic rings. The van der Waals surface area contributed by atoms with Crippen LogP contribution in [0.2, 0.25) is 0 Å². The summed E-state index contributed by atoms with van der Waals surface area (Å²) < 4.78 is 19.6. The largest absolute Gasteiger partial charge is 0.372 e. The summed E-state index contributed by atoms with van der Waals surface area (Å²) in [6.45, 7) is 7.43. The van der Waals surface area contributed by atoms with E-state index in [0.717, 1.165) is 18.8 Å². The van der Waals surface area contributed by atoms with Crippen LogP contribution >= 0.6 is 0 Å². The van der Waals surface area contributed by atoms with Gasteiger partial charge in [-0.1, -0.05) is 6.07 Å². The molecule has 3 nitrogen and oxygen atoms in total. The third-order valence-corrected chi connectivity index (χ3v) is 3.25. The molecule has 0 aromatic heterocycles. The van der Waals surface area contributed by atoms with E-state index < -0.39 is 0 Å². The number of anilines is 1. The molecule has 18 heavy (non-hydrogen) atoms. The van der Waals surface area contributed by atoms with Gasteiger partial charge in [0.15, 0.2) is 0 Å². The number of hydrogen-bond donors (Lipinski definition) is 1. The lowest BCUT2D eigenvalue weighted by atomic mass is 10.0. The van der Waals surface area contributed by atoms with Crippen LogP contribution in [-0.2, 0) is 4.74 Å². The highest BCUT2D eigenvalue weighted by Gasteiger charge is 2.25. The van der Waals surface area contributed by atoms with Gasteiger partial charge in [0.2, 0.25) is 0 Å². The number of benzene rings is 1. The van der Waals surface area contributed by atoms with Gasteiger partial charge in [-0.3, -0.25) is 0 Å². The molecule has 0 bridgehead atoms. The zero-order valence-corrected chi connectivity index (χ0v) is 11.2. The highest BCUT2D eigenvalue weighted by Crippen LogP contribution is 2.29. The second-order valence-electron chi connectivity index (χ2n) is 5.12. The van der Waals surface area contributed by atoms with Gasteiger partial charge in [-0.25, -0.2) is 4.39 Å². The first-order valence-corrected chi connectivity index (χ1v) is 6.43.